The third kappa shape index (κ3) is 2.90. The number of rotatable bonds is 3. The van der Waals surface area contributed by atoms with E-state index >= 15 is 0 Å². The van der Waals surface area contributed by atoms with Gasteiger partial charge in [0.2, 0.25) is 0 Å². The van der Waals surface area contributed by atoms with Crippen LogP contribution in [0.1, 0.15) is 28.3 Å². The molecule has 4 rings (SSSR count). The van der Waals surface area contributed by atoms with Gasteiger partial charge in [0.05, 0.1) is 6.04 Å². The molecule has 1 atom stereocenters. The molecule has 0 radical (unpaired) electrons. The standard InChI is InChI=1S/C19H18N2O2S2/c1-14-6-7-17-15(12-14)8-10-21(19(17)16-4-2-9-20-13-16)25(22,23)18-5-3-11-24-18/h2-7,9,11-13,19H,8,10H2,1H3. The molecular formula is C19H18N2O2S2. The van der Waals surface area contributed by atoms with E-state index in [0.717, 1.165) is 17.5 Å². The van der Waals surface area contributed by atoms with Gasteiger partial charge < -0.3 is 0 Å². The van der Waals surface area contributed by atoms with E-state index in [1.165, 1.54) is 22.5 Å². The van der Waals surface area contributed by atoms with Crippen LogP contribution in [-0.4, -0.2) is 24.3 Å². The summed E-state index contributed by atoms with van der Waals surface area (Å²) in [6.45, 7) is 2.53. The highest BCUT2D eigenvalue weighted by Gasteiger charge is 2.37. The van der Waals surface area contributed by atoms with Crippen molar-refractivity contribution in [2.24, 2.45) is 0 Å². The lowest BCUT2D eigenvalue weighted by Crippen LogP contribution is -2.40. The van der Waals surface area contributed by atoms with Gasteiger partial charge in [-0.05, 0) is 47.5 Å². The normalized spacial score (nSPS) is 18.0. The Kier molecular flexibility index (Phi) is 4.19. The molecule has 4 nitrogen and oxygen atoms in total. The summed E-state index contributed by atoms with van der Waals surface area (Å²) in [5.41, 5.74) is 4.35. The third-order valence-electron chi connectivity index (χ3n) is 4.54. The average Bonchev–Trinajstić information content (AvgIpc) is 3.17. The van der Waals surface area contributed by atoms with Gasteiger partial charge in [-0.2, -0.15) is 4.31 Å². The second kappa shape index (κ2) is 6.37. The molecule has 0 spiro atoms. The molecular weight excluding hydrogens is 352 g/mol. The van der Waals surface area contributed by atoms with Crippen LogP contribution in [0.2, 0.25) is 0 Å². The van der Waals surface area contributed by atoms with E-state index in [2.05, 4.69) is 24.0 Å². The molecule has 0 aliphatic carbocycles. The maximum absolute atomic E-state index is 13.2. The number of aromatic nitrogens is 1. The summed E-state index contributed by atoms with van der Waals surface area (Å²) in [6, 6.07) is 13.2. The van der Waals surface area contributed by atoms with Crippen LogP contribution in [0.4, 0.5) is 0 Å². The second-order valence-electron chi connectivity index (χ2n) is 6.19. The molecule has 0 bridgehead atoms. The van der Waals surface area contributed by atoms with Gasteiger partial charge in [-0.25, -0.2) is 8.42 Å². The molecule has 128 valence electrons. The molecule has 0 saturated carbocycles. The summed E-state index contributed by atoms with van der Waals surface area (Å²) in [5, 5.41) is 1.80. The SMILES string of the molecule is Cc1ccc2c(c1)CCN(S(=O)(=O)c1cccs1)C2c1cccnc1. The molecule has 0 saturated heterocycles. The number of benzene rings is 1. The largest absolute Gasteiger partial charge is 0.264 e. The zero-order valence-corrected chi connectivity index (χ0v) is 15.4. The molecule has 6 heteroatoms. The highest BCUT2D eigenvalue weighted by atomic mass is 32.2. The minimum atomic E-state index is -3.54. The predicted octanol–water partition coefficient (Wildman–Crippen LogP) is 3.79. The van der Waals surface area contributed by atoms with Gasteiger partial charge in [-0.15, -0.1) is 11.3 Å². The molecule has 3 heterocycles. The van der Waals surface area contributed by atoms with Crippen LogP contribution in [0.3, 0.4) is 0 Å². The molecule has 1 unspecified atom stereocenters. The molecule has 0 amide bonds. The van der Waals surface area contributed by atoms with Crippen molar-refractivity contribution in [3.63, 3.8) is 0 Å². The van der Waals surface area contributed by atoms with Crippen LogP contribution >= 0.6 is 11.3 Å². The molecule has 1 aliphatic heterocycles. The Morgan fingerprint density at radius 1 is 1.20 bits per heavy atom. The van der Waals surface area contributed by atoms with E-state index < -0.39 is 10.0 Å². The minimum absolute atomic E-state index is 0.342. The number of pyridine rings is 1. The Morgan fingerprint density at radius 2 is 2.08 bits per heavy atom. The molecule has 3 aromatic rings. The van der Waals surface area contributed by atoms with Crippen molar-refractivity contribution in [1.82, 2.24) is 9.29 Å². The van der Waals surface area contributed by atoms with Crippen LogP contribution in [-0.2, 0) is 16.4 Å². The van der Waals surface area contributed by atoms with Crippen molar-refractivity contribution in [3.8, 4) is 0 Å². The van der Waals surface area contributed by atoms with Crippen LogP contribution in [0.15, 0.2) is 64.4 Å². The van der Waals surface area contributed by atoms with Crippen molar-refractivity contribution in [2.75, 3.05) is 6.54 Å². The van der Waals surface area contributed by atoms with E-state index in [-0.39, 0.29) is 6.04 Å². The average molecular weight is 370 g/mol. The van der Waals surface area contributed by atoms with Crippen molar-refractivity contribution in [2.45, 2.75) is 23.6 Å². The Balaban J connectivity index is 1.89. The van der Waals surface area contributed by atoms with E-state index in [9.17, 15) is 8.42 Å². The van der Waals surface area contributed by atoms with Crippen LogP contribution in [0.25, 0.3) is 0 Å². The van der Waals surface area contributed by atoms with Crippen LogP contribution in [0.5, 0.6) is 0 Å². The zero-order valence-electron chi connectivity index (χ0n) is 13.8. The lowest BCUT2D eigenvalue weighted by atomic mass is 9.89. The highest BCUT2D eigenvalue weighted by molar-refractivity contribution is 7.91. The van der Waals surface area contributed by atoms with E-state index in [4.69, 9.17) is 0 Å². The lowest BCUT2D eigenvalue weighted by Gasteiger charge is -2.36. The summed E-state index contributed by atoms with van der Waals surface area (Å²) >= 11 is 1.26. The first-order valence-corrected chi connectivity index (χ1v) is 10.4. The Bertz CT molecular complexity index is 984. The number of nitrogens with zero attached hydrogens (tertiary/aromatic N) is 2. The Labute approximate surface area is 151 Å². The number of fused-ring (bicyclic) bond motifs is 1. The number of thiophene rings is 1. The molecule has 0 N–H and O–H groups in total. The Hall–Kier alpha value is -2.02. The molecule has 1 aromatic carbocycles. The van der Waals surface area contributed by atoms with Crippen molar-refractivity contribution in [1.29, 1.82) is 0 Å². The van der Waals surface area contributed by atoms with Gasteiger partial charge in [0.15, 0.2) is 0 Å². The monoisotopic (exact) mass is 370 g/mol. The van der Waals surface area contributed by atoms with Crippen LogP contribution < -0.4 is 0 Å². The molecule has 2 aromatic heterocycles. The van der Waals surface area contributed by atoms with Crippen molar-refractivity contribution in [3.05, 3.63) is 82.5 Å². The van der Waals surface area contributed by atoms with Crippen molar-refractivity contribution < 1.29 is 8.42 Å². The second-order valence-corrected chi connectivity index (χ2v) is 9.25. The van der Waals surface area contributed by atoms with Gasteiger partial charge >= 0.3 is 0 Å². The maximum atomic E-state index is 13.2. The molecule has 25 heavy (non-hydrogen) atoms. The van der Waals surface area contributed by atoms with Gasteiger partial charge in [0.25, 0.3) is 10.0 Å². The highest BCUT2D eigenvalue weighted by Crippen LogP contribution is 2.39. The fraction of sp³-hybridized carbons (Fsp3) is 0.211. The quantitative estimate of drug-likeness (QED) is 0.705. The summed E-state index contributed by atoms with van der Waals surface area (Å²) < 4.78 is 28.5. The fourth-order valence-electron chi connectivity index (χ4n) is 3.40. The topological polar surface area (TPSA) is 50.3 Å². The molecule has 0 fully saturated rings. The van der Waals surface area contributed by atoms with E-state index in [1.54, 1.807) is 34.2 Å². The van der Waals surface area contributed by atoms with Gasteiger partial charge in [-0.3, -0.25) is 4.98 Å². The Morgan fingerprint density at radius 3 is 2.80 bits per heavy atom. The fourth-order valence-corrected chi connectivity index (χ4v) is 6.12. The van der Waals surface area contributed by atoms with Gasteiger partial charge in [0.1, 0.15) is 4.21 Å². The van der Waals surface area contributed by atoms with E-state index in [0.29, 0.717) is 10.8 Å². The summed E-state index contributed by atoms with van der Waals surface area (Å²) in [5.74, 6) is 0. The third-order valence-corrected chi connectivity index (χ3v) is 7.78. The van der Waals surface area contributed by atoms with Crippen LogP contribution in [0, 0.1) is 6.92 Å². The zero-order chi connectivity index (χ0) is 17.4. The predicted molar refractivity (Wildman–Crippen MR) is 99.2 cm³/mol. The van der Waals surface area contributed by atoms with Gasteiger partial charge in [-0.1, -0.05) is 35.9 Å². The molecule has 1 aliphatic rings. The van der Waals surface area contributed by atoms with Gasteiger partial charge in [0, 0.05) is 18.9 Å². The minimum Gasteiger partial charge on any atom is -0.264 e. The number of sulfonamides is 1. The number of aryl methyl sites for hydroxylation is 1. The first-order valence-electron chi connectivity index (χ1n) is 8.12. The van der Waals surface area contributed by atoms with Crippen molar-refractivity contribution >= 4 is 21.4 Å². The maximum Gasteiger partial charge on any atom is 0.253 e. The van der Waals surface area contributed by atoms with E-state index in [1.807, 2.05) is 18.2 Å². The first kappa shape index (κ1) is 16.4. The first-order chi connectivity index (χ1) is 12.1. The summed E-state index contributed by atoms with van der Waals surface area (Å²) in [6.07, 6.45) is 4.19. The smallest absolute Gasteiger partial charge is 0.253 e. The number of hydrogen-bond acceptors (Lipinski definition) is 4. The lowest BCUT2D eigenvalue weighted by molar-refractivity contribution is 0.344. The number of hydrogen-bond donors (Lipinski definition) is 0. The summed E-state index contributed by atoms with van der Waals surface area (Å²) in [7, 11) is -3.54. The summed E-state index contributed by atoms with van der Waals surface area (Å²) in [4.78, 5) is 4.21.